The van der Waals surface area contributed by atoms with Gasteiger partial charge in [0, 0.05) is 54.4 Å². The first-order valence-electron chi connectivity index (χ1n) is 24.0. The number of aliphatic carboxylic acids is 1. The largest absolute Gasteiger partial charge is 0.481 e. The maximum Gasteiger partial charge on any atom is 0.303 e. The number of hydrogen-bond acceptors (Lipinski definition) is 12. The van der Waals surface area contributed by atoms with E-state index in [1.54, 1.807) is 44.3 Å². The molecule has 0 aliphatic heterocycles. The molecule has 3 unspecified atom stereocenters. The summed E-state index contributed by atoms with van der Waals surface area (Å²) < 4.78 is 43.1. The Kier molecular flexibility index (Phi) is 18.0. The number of carbonyl (C=O) groups is 5. The molecule has 0 radical (unpaired) electrons. The third-order valence-corrected chi connectivity index (χ3v) is 12.8. The molecule has 4 aromatic rings. The first kappa shape index (κ1) is 53.2. The van der Waals surface area contributed by atoms with Gasteiger partial charge in [-0.25, -0.2) is 23.7 Å². The average Bonchev–Trinajstić information content (AvgIpc) is 3.66. The average molecular weight is 975 g/mol. The van der Waals surface area contributed by atoms with Crippen LogP contribution in [0.4, 0.5) is 20.3 Å². The van der Waals surface area contributed by atoms with Gasteiger partial charge in [0.2, 0.25) is 23.6 Å². The molecule has 1 aromatic carbocycles. The van der Waals surface area contributed by atoms with Crippen molar-refractivity contribution in [3.8, 4) is 11.4 Å². The van der Waals surface area contributed by atoms with Crippen molar-refractivity contribution in [1.82, 2.24) is 40.8 Å². The fourth-order valence-corrected chi connectivity index (χ4v) is 8.72. The van der Waals surface area contributed by atoms with E-state index in [1.165, 1.54) is 25.8 Å². The van der Waals surface area contributed by atoms with Crippen molar-refractivity contribution < 1.29 is 47.3 Å². The molecule has 3 aromatic heterocycles. The number of pyridine rings is 1. The quantitative estimate of drug-likeness (QED) is 0.0404. The van der Waals surface area contributed by atoms with E-state index in [1.807, 2.05) is 32.3 Å². The Balaban J connectivity index is 0.984. The minimum Gasteiger partial charge on any atom is -0.481 e. The number of fused-ring (bicyclic) bond motifs is 4. The predicted molar refractivity (Wildman–Crippen MR) is 260 cm³/mol. The standard InChI is InChI=1S/C50H68F2N10O8/c1-29(2)56-27-50(6,7)70-19-18-69-28-49(4,5)48(68)60-39(16-17-42(64)65)47(67)55-24-41(63)57-30(3)46(66)58-35-14-10-32(11-15-35)25-62-26-37(36-21-34(51)22-54-45(36)62)43-53-23-38(52)44(61-43)59-40-20-31-8-12-33(40)13-9-31/h10-11,14-15,21-23,26,29-31,33,39-40,56H,8-9,12-13,16-20,24-25,27-28H2,1-7H3,(H,55,67)(H,57,63)(H,58,66)(H,60,68)(H,64,65)(H,53,59,61). The SMILES string of the molecule is CC(C)NCC(C)(C)OCCOCC(C)(C)C(=O)NC(CCC(=O)O)C(=O)NCC(=O)NC(C)C(=O)Nc1ccc(Cn2cc(-c3ncc(F)c(NC4CC5CCC4CC5)n3)c3cc(F)cnc32)cc1. The predicted octanol–water partition coefficient (Wildman–Crippen LogP) is 5.56. The first-order valence-corrected chi connectivity index (χ1v) is 24.0. The van der Waals surface area contributed by atoms with Crippen LogP contribution in [0.1, 0.15) is 99.0 Å². The Morgan fingerprint density at radius 3 is 2.33 bits per heavy atom. The number of hydrogen-bond donors (Lipinski definition) is 7. The van der Waals surface area contributed by atoms with Crippen LogP contribution in [0.3, 0.4) is 0 Å². The molecule has 0 saturated heterocycles. The van der Waals surface area contributed by atoms with Crippen LogP contribution in [0.5, 0.6) is 0 Å². The van der Waals surface area contributed by atoms with Gasteiger partial charge in [0.1, 0.15) is 23.5 Å². The van der Waals surface area contributed by atoms with E-state index in [0.29, 0.717) is 59.9 Å². The zero-order valence-electron chi connectivity index (χ0n) is 41.1. The van der Waals surface area contributed by atoms with E-state index < -0.39 is 77.3 Å². The number of anilines is 2. The molecule has 4 amide bonds. The molecule has 7 rings (SSSR count). The van der Waals surface area contributed by atoms with Gasteiger partial charge in [-0.15, -0.1) is 0 Å². The Bertz CT molecular complexity index is 2470. The monoisotopic (exact) mass is 975 g/mol. The van der Waals surface area contributed by atoms with Crippen LogP contribution in [0.2, 0.25) is 0 Å². The number of rotatable bonds is 25. The second-order valence-corrected chi connectivity index (χ2v) is 20.1. The van der Waals surface area contributed by atoms with Crippen molar-refractivity contribution in [2.24, 2.45) is 17.3 Å². The first-order chi connectivity index (χ1) is 33.2. The summed E-state index contributed by atoms with van der Waals surface area (Å²) in [7, 11) is 0. The highest BCUT2D eigenvalue weighted by atomic mass is 19.1. The molecule has 2 bridgehead atoms. The molecular weight excluding hydrogens is 907 g/mol. The number of nitrogens with zero attached hydrogens (tertiary/aromatic N) is 4. The van der Waals surface area contributed by atoms with Crippen LogP contribution in [-0.4, -0.2) is 117 Å². The fourth-order valence-electron chi connectivity index (χ4n) is 8.72. The summed E-state index contributed by atoms with van der Waals surface area (Å²) in [6, 6.07) is 6.44. The van der Waals surface area contributed by atoms with Gasteiger partial charge in [-0.3, -0.25) is 24.0 Å². The smallest absolute Gasteiger partial charge is 0.303 e. The molecule has 70 heavy (non-hydrogen) atoms. The molecule has 7 N–H and O–H groups in total. The molecule has 3 atom stereocenters. The van der Waals surface area contributed by atoms with E-state index >= 15 is 4.39 Å². The zero-order valence-corrected chi connectivity index (χ0v) is 41.1. The normalized spacial score (nSPS) is 17.8. The topological polar surface area (TPSA) is 240 Å². The molecular formula is C50H68F2N10O8. The van der Waals surface area contributed by atoms with Crippen molar-refractivity contribution >= 4 is 52.1 Å². The lowest BCUT2D eigenvalue weighted by Gasteiger charge is -2.42. The van der Waals surface area contributed by atoms with E-state index in [9.17, 15) is 33.5 Å². The number of halogens is 2. The van der Waals surface area contributed by atoms with Crippen molar-refractivity contribution in [2.75, 3.05) is 43.5 Å². The zero-order chi connectivity index (χ0) is 50.8. The van der Waals surface area contributed by atoms with Gasteiger partial charge in [0.15, 0.2) is 17.5 Å². The molecule has 3 heterocycles. The van der Waals surface area contributed by atoms with Crippen LogP contribution in [0.25, 0.3) is 22.4 Å². The van der Waals surface area contributed by atoms with Gasteiger partial charge < -0.3 is 51.0 Å². The minimum atomic E-state index is -1.27. The number of benzene rings is 1. The fraction of sp³-hybridized carbons (Fsp3) is 0.560. The summed E-state index contributed by atoms with van der Waals surface area (Å²) in [6.07, 6.45) is 8.99. The Morgan fingerprint density at radius 1 is 0.929 bits per heavy atom. The molecule has 380 valence electrons. The van der Waals surface area contributed by atoms with Gasteiger partial charge in [-0.2, -0.15) is 0 Å². The number of aromatic nitrogens is 4. The van der Waals surface area contributed by atoms with Crippen molar-refractivity contribution in [3.63, 3.8) is 0 Å². The molecule has 3 aliphatic carbocycles. The summed E-state index contributed by atoms with van der Waals surface area (Å²) in [5.74, 6) is -3.37. The van der Waals surface area contributed by atoms with Crippen molar-refractivity contribution in [2.45, 2.75) is 130 Å². The van der Waals surface area contributed by atoms with E-state index in [2.05, 4.69) is 46.9 Å². The van der Waals surface area contributed by atoms with Crippen LogP contribution in [0, 0.1) is 28.9 Å². The minimum absolute atomic E-state index is 0.00448. The van der Waals surface area contributed by atoms with E-state index in [0.717, 1.165) is 37.2 Å². The van der Waals surface area contributed by atoms with Gasteiger partial charge in [-0.1, -0.05) is 38.8 Å². The van der Waals surface area contributed by atoms with Gasteiger partial charge >= 0.3 is 5.97 Å². The van der Waals surface area contributed by atoms with Crippen LogP contribution in [0.15, 0.2) is 48.9 Å². The molecule has 20 heteroatoms. The molecule has 3 fully saturated rings. The van der Waals surface area contributed by atoms with Crippen molar-refractivity contribution in [1.29, 1.82) is 0 Å². The Hall–Kier alpha value is -6.12. The molecule has 0 spiro atoms. The third kappa shape index (κ3) is 14.9. The molecule has 3 aliphatic rings. The second kappa shape index (κ2) is 23.7. The number of carboxylic acid groups (broad SMARTS) is 1. The number of amides is 4. The van der Waals surface area contributed by atoms with Gasteiger partial charge in [-0.05, 0) is 95.9 Å². The number of nitrogens with one attached hydrogen (secondary N) is 6. The highest BCUT2D eigenvalue weighted by Crippen LogP contribution is 2.42. The summed E-state index contributed by atoms with van der Waals surface area (Å²) in [5.41, 5.74) is 0.681. The van der Waals surface area contributed by atoms with Gasteiger partial charge in [0.05, 0.1) is 49.8 Å². The highest BCUT2D eigenvalue weighted by molar-refractivity contribution is 5.98. The summed E-state index contributed by atoms with van der Waals surface area (Å²) in [5, 5.41) is 26.8. The maximum atomic E-state index is 15.1. The maximum absolute atomic E-state index is 15.1. The number of carbonyl (C=O) groups excluding carboxylic acids is 4. The summed E-state index contributed by atoms with van der Waals surface area (Å²) >= 11 is 0. The summed E-state index contributed by atoms with van der Waals surface area (Å²) in [6.45, 7) is 13.6. The Labute approximate surface area is 407 Å². The second-order valence-electron chi connectivity index (χ2n) is 20.1. The van der Waals surface area contributed by atoms with E-state index in [-0.39, 0.29) is 37.3 Å². The highest BCUT2D eigenvalue weighted by Gasteiger charge is 2.36. The number of carboxylic acids is 1. The lowest BCUT2D eigenvalue weighted by molar-refractivity contribution is -0.140. The third-order valence-electron chi connectivity index (χ3n) is 12.8. The lowest BCUT2D eigenvalue weighted by Crippen LogP contribution is -2.53. The van der Waals surface area contributed by atoms with Crippen molar-refractivity contribution in [3.05, 3.63) is 66.1 Å². The number of ether oxygens (including phenoxy) is 2. The van der Waals surface area contributed by atoms with Crippen LogP contribution < -0.4 is 31.9 Å². The summed E-state index contributed by atoms with van der Waals surface area (Å²) in [4.78, 5) is 77.1. The Morgan fingerprint density at radius 2 is 1.66 bits per heavy atom. The van der Waals surface area contributed by atoms with Gasteiger partial charge in [0.25, 0.3) is 0 Å². The lowest BCUT2D eigenvalue weighted by atomic mass is 9.68. The molecule has 3 saturated carbocycles. The van der Waals surface area contributed by atoms with Crippen LogP contribution in [-0.2, 0) is 40.0 Å². The van der Waals surface area contributed by atoms with Crippen LogP contribution >= 0.6 is 0 Å². The van der Waals surface area contributed by atoms with E-state index in [4.69, 9.17) is 9.47 Å². The molecule has 18 nitrogen and oxygen atoms in total.